The van der Waals surface area contributed by atoms with Gasteiger partial charge in [0.05, 0.1) is 11.2 Å². The van der Waals surface area contributed by atoms with Crippen LogP contribution in [0.3, 0.4) is 0 Å². The molecule has 1 saturated carbocycles. The molecule has 1 saturated heterocycles. The van der Waals surface area contributed by atoms with Crippen molar-refractivity contribution in [2.45, 2.75) is 44.6 Å². The highest BCUT2D eigenvalue weighted by Crippen LogP contribution is 2.36. The number of thiocarbonyl (C=S) groups is 1. The quantitative estimate of drug-likeness (QED) is 0.466. The maximum absolute atomic E-state index is 12.6. The zero-order valence-corrected chi connectivity index (χ0v) is 12.8. The van der Waals surface area contributed by atoms with Crippen molar-refractivity contribution < 1.29 is 9.21 Å². The third-order valence-corrected chi connectivity index (χ3v) is 5.16. The normalized spacial score (nSPS) is 23.6. The molecule has 1 amide bonds. The Labute approximate surface area is 128 Å². The number of rotatable bonds is 2. The van der Waals surface area contributed by atoms with Gasteiger partial charge in [-0.05, 0) is 25.0 Å². The molecule has 0 spiro atoms. The minimum atomic E-state index is 0.0447. The first-order valence-corrected chi connectivity index (χ1v) is 8.29. The maximum Gasteiger partial charge on any atom is 0.266 e. The lowest BCUT2D eigenvalue weighted by Crippen LogP contribution is -2.38. The molecule has 2 fully saturated rings. The van der Waals surface area contributed by atoms with Gasteiger partial charge >= 0.3 is 0 Å². The topological polar surface area (TPSA) is 33.5 Å². The molecule has 0 N–H and O–H groups in total. The van der Waals surface area contributed by atoms with Gasteiger partial charge in [0.2, 0.25) is 0 Å². The first kappa shape index (κ1) is 13.9. The van der Waals surface area contributed by atoms with Crippen molar-refractivity contribution >= 4 is 40.3 Å². The summed E-state index contributed by atoms with van der Waals surface area (Å²) in [6, 6.07) is 3.95. The lowest BCUT2D eigenvalue weighted by atomic mass is 10.1. The molecule has 2 aliphatic rings. The van der Waals surface area contributed by atoms with Crippen molar-refractivity contribution in [2.24, 2.45) is 0 Å². The van der Waals surface area contributed by atoms with E-state index in [2.05, 4.69) is 0 Å². The number of thioether (sulfide) groups is 1. The zero-order chi connectivity index (χ0) is 13.9. The second-order valence-electron chi connectivity index (χ2n) is 5.21. The van der Waals surface area contributed by atoms with Crippen LogP contribution in [0.15, 0.2) is 27.7 Å². The van der Waals surface area contributed by atoms with Crippen molar-refractivity contribution in [3.8, 4) is 0 Å². The smallest absolute Gasteiger partial charge is 0.266 e. The van der Waals surface area contributed by atoms with E-state index in [1.807, 2.05) is 17.0 Å². The summed E-state index contributed by atoms with van der Waals surface area (Å²) >= 11 is 6.80. The van der Waals surface area contributed by atoms with Crippen LogP contribution in [-0.2, 0) is 4.79 Å². The van der Waals surface area contributed by atoms with Crippen molar-refractivity contribution in [3.63, 3.8) is 0 Å². The van der Waals surface area contributed by atoms with Crippen LogP contribution in [0.25, 0.3) is 6.08 Å². The SMILES string of the molecule is O=C1C(=Cc2ccco2)SC(=S)N1C1CCCCCC1. The fraction of sp³-hybridized carbons (Fsp3) is 0.467. The number of carbonyl (C=O) groups is 1. The van der Waals surface area contributed by atoms with Crippen LogP contribution in [0.2, 0.25) is 0 Å². The molecule has 1 aliphatic carbocycles. The zero-order valence-electron chi connectivity index (χ0n) is 11.2. The summed E-state index contributed by atoms with van der Waals surface area (Å²) < 4.78 is 5.97. The van der Waals surface area contributed by atoms with Crippen LogP contribution in [0.1, 0.15) is 44.3 Å². The number of hydrogen-bond acceptors (Lipinski definition) is 4. The van der Waals surface area contributed by atoms with E-state index < -0.39 is 0 Å². The second kappa shape index (κ2) is 6.14. The van der Waals surface area contributed by atoms with Crippen LogP contribution in [-0.4, -0.2) is 21.2 Å². The van der Waals surface area contributed by atoms with E-state index in [9.17, 15) is 4.79 Å². The number of amides is 1. The predicted octanol–water partition coefficient (Wildman–Crippen LogP) is 4.20. The third-order valence-electron chi connectivity index (χ3n) is 3.83. The Morgan fingerprint density at radius 2 is 2.05 bits per heavy atom. The van der Waals surface area contributed by atoms with Crippen molar-refractivity contribution in [1.82, 2.24) is 4.90 Å². The maximum atomic E-state index is 12.6. The van der Waals surface area contributed by atoms with Gasteiger partial charge in [0.15, 0.2) is 0 Å². The highest BCUT2D eigenvalue weighted by atomic mass is 32.2. The van der Waals surface area contributed by atoms with Gasteiger partial charge < -0.3 is 4.42 Å². The van der Waals surface area contributed by atoms with Crippen LogP contribution < -0.4 is 0 Å². The molecule has 1 aliphatic heterocycles. The van der Waals surface area contributed by atoms with Gasteiger partial charge in [-0.15, -0.1) is 0 Å². The minimum absolute atomic E-state index is 0.0447. The van der Waals surface area contributed by atoms with Gasteiger partial charge in [-0.2, -0.15) is 0 Å². The molecule has 20 heavy (non-hydrogen) atoms. The molecular formula is C15H17NO2S2. The summed E-state index contributed by atoms with van der Waals surface area (Å²) in [5.41, 5.74) is 0. The molecule has 0 unspecified atom stereocenters. The van der Waals surface area contributed by atoms with Crippen LogP contribution >= 0.6 is 24.0 Å². The van der Waals surface area contributed by atoms with E-state index >= 15 is 0 Å². The molecule has 0 aromatic carbocycles. The summed E-state index contributed by atoms with van der Waals surface area (Å²) in [6.45, 7) is 0. The number of hydrogen-bond donors (Lipinski definition) is 0. The standard InChI is InChI=1S/C15H17NO2S2/c17-14-13(10-12-8-5-9-18-12)20-15(19)16(14)11-6-3-1-2-4-7-11/h5,8-11H,1-4,6-7H2. The highest BCUT2D eigenvalue weighted by Gasteiger charge is 2.37. The Balaban J connectivity index is 1.79. The molecule has 5 heteroatoms. The average Bonchev–Trinajstić information content (AvgIpc) is 2.92. The number of furan rings is 1. The number of carbonyl (C=O) groups excluding carboxylic acids is 1. The first-order valence-electron chi connectivity index (χ1n) is 7.06. The van der Waals surface area contributed by atoms with E-state index in [-0.39, 0.29) is 11.9 Å². The van der Waals surface area contributed by atoms with Gasteiger partial charge in [0.1, 0.15) is 10.1 Å². The van der Waals surface area contributed by atoms with E-state index in [1.54, 1.807) is 12.3 Å². The van der Waals surface area contributed by atoms with Crippen LogP contribution in [0.4, 0.5) is 0 Å². The summed E-state index contributed by atoms with van der Waals surface area (Å²) in [6.07, 6.45) is 10.5. The Morgan fingerprint density at radius 3 is 2.70 bits per heavy atom. The fourth-order valence-corrected chi connectivity index (χ4v) is 4.19. The average molecular weight is 307 g/mol. The summed E-state index contributed by atoms with van der Waals surface area (Å²) in [4.78, 5) is 15.1. The Hall–Kier alpha value is -1.07. The van der Waals surface area contributed by atoms with Gasteiger partial charge in [-0.3, -0.25) is 9.69 Å². The Kier molecular flexibility index (Phi) is 4.27. The van der Waals surface area contributed by atoms with Gasteiger partial charge in [-0.25, -0.2) is 0 Å². The van der Waals surface area contributed by atoms with Crippen LogP contribution in [0.5, 0.6) is 0 Å². The Bertz CT molecular complexity index is 528. The number of nitrogens with zero attached hydrogens (tertiary/aromatic N) is 1. The molecule has 0 bridgehead atoms. The molecule has 2 heterocycles. The van der Waals surface area contributed by atoms with E-state index in [4.69, 9.17) is 16.6 Å². The summed E-state index contributed by atoms with van der Waals surface area (Å²) in [5.74, 6) is 0.745. The molecule has 1 aromatic heterocycles. The van der Waals surface area contributed by atoms with E-state index in [0.717, 1.165) is 12.8 Å². The van der Waals surface area contributed by atoms with Crippen molar-refractivity contribution in [3.05, 3.63) is 29.1 Å². The summed E-state index contributed by atoms with van der Waals surface area (Å²) in [7, 11) is 0. The molecule has 0 radical (unpaired) electrons. The minimum Gasteiger partial charge on any atom is -0.465 e. The molecular weight excluding hydrogens is 290 g/mol. The van der Waals surface area contributed by atoms with E-state index in [0.29, 0.717) is 15.0 Å². The first-order chi connectivity index (χ1) is 9.75. The second-order valence-corrected chi connectivity index (χ2v) is 6.89. The molecule has 106 valence electrons. The lowest BCUT2D eigenvalue weighted by Gasteiger charge is -2.25. The lowest BCUT2D eigenvalue weighted by molar-refractivity contribution is -0.123. The largest absolute Gasteiger partial charge is 0.465 e. The fourth-order valence-electron chi connectivity index (χ4n) is 2.81. The predicted molar refractivity (Wildman–Crippen MR) is 85.2 cm³/mol. The molecule has 0 atom stereocenters. The third kappa shape index (κ3) is 2.83. The molecule has 3 rings (SSSR count). The van der Waals surface area contributed by atoms with E-state index in [1.165, 1.54) is 37.4 Å². The molecule has 3 nitrogen and oxygen atoms in total. The monoisotopic (exact) mass is 307 g/mol. The van der Waals surface area contributed by atoms with Crippen molar-refractivity contribution in [1.29, 1.82) is 0 Å². The van der Waals surface area contributed by atoms with Gasteiger partial charge in [-0.1, -0.05) is 49.7 Å². The Morgan fingerprint density at radius 1 is 1.30 bits per heavy atom. The highest BCUT2D eigenvalue weighted by molar-refractivity contribution is 8.26. The summed E-state index contributed by atoms with van der Waals surface area (Å²) in [5, 5.41) is 0. The van der Waals surface area contributed by atoms with Gasteiger partial charge in [0, 0.05) is 12.1 Å². The van der Waals surface area contributed by atoms with Crippen molar-refractivity contribution in [2.75, 3.05) is 0 Å². The molecule has 1 aromatic rings. The van der Waals surface area contributed by atoms with Crippen LogP contribution in [0, 0.1) is 0 Å². The van der Waals surface area contributed by atoms with Gasteiger partial charge in [0.25, 0.3) is 5.91 Å².